The van der Waals surface area contributed by atoms with Gasteiger partial charge in [-0.15, -0.1) is 10.2 Å². The minimum atomic E-state index is -0.648. The fourth-order valence-electron chi connectivity index (χ4n) is 10.4. The number of allylic oxidation sites excluding steroid dienone is 4. The molecule has 0 saturated heterocycles. The number of rotatable bonds is 1. The predicted octanol–water partition coefficient (Wildman–Crippen LogP) is 6.54. The molecule has 6 rings (SSSR count). The highest BCUT2D eigenvalue weighted by molar-refractivity contribution is 6.04. The molecule has 38 heavy (non-hydrogen) atoms. The van der Waals surface area contributed by atoms with Gasteiger partial charge in [0, 0.05) is 16.7 Å². The van der Waals surface area contributed by atoms with Crippen LogP contribution in [0.15, 0.2) is 34.1 Å². The van der Waals surface area contributed by atoms with Gasteiger partial charge < -0.3 is 4.42 Å². The average molecular weight is 516 g/mol. The van der Waals surface area contributed by atoms with Crippen molar-refractivity contribution in [1.82, 2.24) is 10.2 Å². The summed E-state index contributed by atoms with van der Waals surface area (Å²) in [4.78, 5) is 27.7. The van der Waals surface area contributed by atoms with Crippen LogP contribution in [-0.2, 0) is 15.0 Å². The lowest BCUT2D eigenvalue weighted by Gasteiger charge is -2.68. The number of nitriles is 1. The molecule has 0 aromatic carbocycles. The Morgan fingerprint density at radius 3 is 2.37 bits per heavy atom. The zero-order valence-corrected chi connectivity index (χ0v) is 24.0. The highest BCUT2D eigenvalue weighted by atomic mass is 16.4. The molecule has 0 spiro atoms. The highest BCUT2D eigenvalue weighted by Crippen LogP contribution is 2.74. The lowest BCUT2D eigenvalue weighted by atomic mass is 9.34. The van der Waals surface area contributed by atoms with Crippen LogP contribution in [0.3, 0.4) is 0 Å². The van der Waals surface area contributed by atoms with Gasteiger partial charge in [0.05, 0.1) is 11.0 Å². The second-order valence-electron chi connectivity index (χ2n) is 15.2. The first-order chi connectivity index (χ1) is 17.7. The molecule has 0 bridgehead atoms. The average Bonchev–Trinajstić information content (AvgIpc) is 3.38. The van der Waals surface area contributed by atoms with Gasteiger partial charge in [-0.3, -0.25) is 9.59 Å². The van der Waals surface area contributed by atoms with Crippen molar-refractivity contribution in [3.05, 3.63) is 35.6 Å². The van der Waals surface area contributed by atoms with Crippen LogP contribution in [0.2, 0.25) is 0 Å². The molecule has 6 nitrogen and oxygen atoms in total. The number of fused-ring (bicyclic) bond motifs is 7. The third kappa shape index (κ3) is 2.94. The van der Waals surface area contributed by atoms with E-state index in [-0.39, 0.29) is 56.6 Å². The Balaban J connectivity index is 1.54. The van der Waals surface area contributed by atoms with E-state index in [1.165, 1.54) is 6.39 Å². The van der Waals surface area contributed by atoms with Crippen molar-refractivity contribution < 1.29 is 14.0 Å². The van der Waals surface area contributed by atoms with Crippen molar-refractivity contribution in [3.63, 3.8) is 0 Å². The Kier molecular flexibility index (Phi) is 5.11. The van der Waals surface area contributed by atoms with Gasteiger partial charge in [-0.05, 0) is 79.1 Å². The number of Topliss-reactive ketones (excluding diaryl/α,β-unsaturated/α-hetero) is 1. The first kappa shape index (κ1) is 25.7. The Labute approximate surface area is 226 Å². The first-order valence-corrected chi connectivity index (χ1v) is 14.4. The van der Waals surface area contributed by atoms with Crippen LogP contribution in [0.5, 0.6) is 0 Å². The monoisotopic (exact) mass is 515 g/mol. The van der Waals surface area contributed by atoms with Gasteiger partial charge in [0.25, 0.3) is 0 Å². The zero-order valence-electron chi connectivity index (χ0n) is 24.0. The number of hydrogen-bond donors (Lipinski definition) is 0. The van der Waals surface area contributed by atoms with Crippen molar-refractivity contribution in [2.24, 2.45) is 44.8 Å². The van der Waals surface area contributed by atoms with Crippen molar-refractivity contribution in [2.75, 3.05) is 0 Å². The fraction of sp³-hybridized carbons (Fsp3) is 0.719. The van der Waals surface area contributed by atoms with E-state index >= 15 is 0 Å². The number of aromatic nitrogens is 2. The molecule has 5 aliphatic rings. The molecule has 0 amide bonds. The molecule has 0 radical (unpaired) electrons. The number of carbonyl (C=O) groups excluding carboxylic acids is 2. The minimum Gasteiger partial charge on any atom is -0.427 e. The van der Waals surface area contributed by atoms with E-state index in [1.54, 1.807) is 0 Å². The molecule has 1 aromatic rings. The molecule has 1 unspecified atom stereocenters. The summed E-state index contributed by atoms with van der Waals surface area (Å²) in [5.41, 5.74) is -0.355. The van der Waals surface area contributed by atoms with E-state index in [9.17, 15) is 14.9 Å². The van der Waals surface area contributed by atoms with Gasteiger partial charge in [-0.2, -0.15) is 5.26 Å². The molecule has 3 fully saturated rings. The summed E-state index contributed by atoms with van der Waals surface area (Å²) >= 11 is 0. The molecule has 1 aromatic heterocycles. The van der Waals surface area contributed by atoms with Gasteiger partial charge in [-0.25, -0.2) is 0 Å². The molecule has 0 aliphatic heterocycles. The normalized spacial score (nSPS) is 44.9. The van der Waals surface area contributed by atoms with Crippen LogP contribution in [0.25, 0.3) is 0 Å². The standard InChI is InChI=1S/C32H41N3O3/c1-27(2)10-12-32(26-35-34-18-38-26)13-11-31(7)24(20(32)16-27)21(36)14-23-29(5)15-19(17-33)25(37)28(3,4)22(29)8-9-30(23,31)6/h14-15,18,20,22,24H,8-13,16H2,1-7H3/t20-,22+,24?,29+,30-,31-,32+/m1/s1. The Morgan fingerprint density at radius 2 is 1.71 bits per heavy atom. The molecule has 3 saturated carbocycles. The SMILES string of the molecule is CC1(C)CC[C@]2(c3nnco3)CC[C@]3(C)C(C(=O)C=C4[C@@]5(C)C=C(C#N)C(=O)C(C)(C)[C@@H]5CC[C@]43C)[C@H]2C1. The molecular formula is C32H41N3O3. The molecule has 202 valence electrons. The Hall–Kier alpha value is -2.55. The van der Waals surface area contributed by atoms with E-state index in [0.717, 1.165) is 50.5 Å². The molecule has 7 atom stereocenters. The van der Waals surface area contributed by atoms with Crippen molar-refractivity contribution in [3.8, 4) is 6.07 Å². The largest absolute Gasteiger partial charge is 0.427 e. The predicted molar refractivity (Wildman–Crippen MR) is 142 cm³/mol. The maximum Gasteiger partial charge on any atom is 0.222 e. The van der Waals surface area contributed by atoms with E-state index < -0.39 is 10.8 Å². The first-order valence-electron chi connectivity index (χ1n) is 14.4. The van der Waals surface area contributed by atoms with Gasteiger partial charge in [0.15, 0.2) is 11.6 Å². The Morgan fingerprint density at radius 1 is 1.00 bits per heavy atom. The Bertz CT molecular complexity index is 1330. The molecule has 0 N–H and O–H groups in total. The second kappa shape index (κ2) is 7.55. The third-order valence-corrected chi connectivity index (χ3v) is 12.6. The summed E-state index contributed by atoms with van der Waals surface area (Å²) in [5, 5.41) is 18.4. The van der Waals surface area contributed by atoms with Gasteiger partial charge in [-0.1, -0.05) is 60.1 Å². The van der Waals surface area contributed by atoms with Crippen LogP contribution in [-0.4, -0.2) is 21.8 Å². The number of hydrogen-bond acceptors (Lipinski definition) is 6. The second-order valence-corrected chi connectivity index (χ2v) is 15.2. The summed E-state index contributed by atoms with van der Waals surface area (Å²) in [6, 6.07) is 2.20. The van der Waals surface area contributed by atoms with Crippen LogP contribution in [0, 0.1) is 56.2 Å². The summed E-state index contributed by atoms with van der Waals surface area (Å²) in [6.45, 7) is 15.5. The van der Waals surface area contributed by atoms with Crippen molar-refractivity contribution in [1.29, 1.82) is 5.26 Å². The van der Waals surface area contributed by atoms with Crippen LogP contribution >= 0.6 is 0 Å². The highest BCUT2D eigenvalue weighted by Gasteiger charge is 2.70. The van der Waals surface area contributed by atoms with Gasteiger partial charge in [0.1, 0.15) is 6.07 Å². The lowest BCUT2D eigenvalue weighted by molar-refractivity contribution is -0.161. The van der Waals surface area contributed by atoms with E-state index in [0.29, 0.717) is 5.89 Å². The van der Waals surface area contributed by atoms with Crippen molar-refractivity contribution >= 4 is 11.6 Å². The molecule has 5 aliphatic carbocycles. The summed E-state index contributed by atoms with van der Waals surface area (Å²) in [5.74, 6) is 0.903. The lowest BCUT2D eigenvalue weighted by Crippen LogP contribution is -2.65. The van der Waals surface area contributed by atoms with E-state index in [4.69, 9.17) is 4.42 Å². The quantitative estimate of drug-likeness (QED) is 0.421. The maximum atomic E-state index is 14.5. The zero-order chi connectivity index (χ0) is 27.5. The number of carbonyl (C=O) groups is 2. The molecule has 1 heterocycles. The van der Waals surface area contributed by atoms with Crippen molar-refractivity contribution in [2.45, 2.75) is 98.8 Å². The topological polar surface area (TPSA) is 96.8 Å². The minimum absolute atomic E-state index is 0.0570. The van der Waals surface area contributed by atoms with Gasteiger partial charge >= 0.3 is 0 Å². The van der Waals surface area contributed by atoms with Crippen LogP contribution in [0.1, 0.15) is 99.3 Å². The maximum absolute atomic E-state index is 14.5. The summed E-state index contributed by atoms with van der Waals surface area (Å²) in [6.07, 6.45) is 12.0. The smallest absolute Gasteiger partial charge is 0.222 e. The summed E-state index contributed by atoms with van der Waals surface area (Å²) < 4.78 is 5.91. The van der Waals surface area contributed by atoms with Gasteiger partial charge in [0.2, 0.25) is 12.3 Å². The molecular weight excluding hydrogens is 474 g/mol. The molecule has 6 heteroatoms. The van der Waals surface area contributed by atoms with E-state index in [2.05, 4.69) is 50.9 Å². The van der Waals surface area contributed by atoms with Crippen LogP contribution < -0.4 is 0 Å². The van der Waals surface area contributed by atoms with Crippen LogP contribution in [0.4, 0.5) is 0 Å². The fourth-order valence-corrected chi connectivity index (χ4v) is 10.4. The third-order valence-electron chi connectivity index (χ3n) is 12.6. The summed E-state index contributed by atoms with van der Waals surface area (Å²) in [7, 11) is 0. The number of nitrogens with zero attached hydrogens (tertiary/aromatic N) is 3. The number of ketones is 2. The van der Waals surface area contributed by atoms with E-state index in [1.807, 2.05) is 26.0 Å².